The van der Waals surface area contributed by atoms with Crippen molar-refractivity contribution in [3.63, 3.8) is 0 Å². The Hall–Kier alpha value is -3.18. The molecule has 5 heteroatoms. The number of fused-ring (bicyclic) bond motifs is 1. The first-order valence-electron chi connectivity index (χ1n) is 8.12. The van der Waals surface area contributed by atoms with Gasteiger partial charge < -0.3 is 10.4 Å². The van der Waals surface area contributed by atoms with Crippen LogP contribution in [0.4, 0.5) is 5.82 Å². The van der Waals surface area contributed by atoms with Gasteiger partial charge in [-0.2, -0.15) is 0 Å². The Labute approximate surface area is 145 Å². The van der Waals surface area contributed by atoms with E-state index in [0.717, 1.165) is 16.9 Å². The Bertz CT molecular complexity index is 993. The van der Waals surface area contributed by atoms with Gasteiger partial charge >= 0.3 is 0 Å². The molecule has 0 aliphatic rings. The molecule has 0 radical (unpaired) electrons. The number of nitrogens with zero attached hydrogens (tertiary/aromatic N) is 3. The van der Waals surface area contributed by atoms with E-state index in [1.807, 2.05) is 78.2 Å². The zero-order chi connectivity index (χ0) is 17.2. The summed E-state index contributed by atoms with van der Waals surface area (Å²) >= 11 is 0. The van der Waals surface area contributed by atoms with Gasteiger partial charge in [0.05, 0.1) is 11.4 Å². The van der Waals surface area contributed by atoms with Crippen LogP contribution < -0.4 is 5.32 Å². The summed E-state index contributed by atoms with van der Waals surface area (Å²) < 4.78 is 1.90. The summed E-state index contributed by atoms with van der Waals surface area (Å²) in [5, 5.41) is 13.9. The van der Waals surface area contributed by atoms with Crippen LogP contribution in [0.1, 0.15) is 17.5 Å². The predicted octanol–water partition coefficient (Wildman–Crippen LogP) is 3.81. The first kappa shape index (κ1) is 15.4. The molecule has 1 aromatic carbocycles. The molecule has 0 saturated carbocycles. The fraction of sp³-hybridized carbons (Fsp3) is 0.100. The number of hydrogen-bond acceptors (Lipinski definition) is 4. The summed E-state index contributed by atoms with van der Waals surface area (Å²) in [7, 11) is 0. The van der Waals surface area contributed by atoms with Gasteiger partial charge in [-0.25, -0.2) is 9.97 Å². The van der Waals surface area contributed by atoms with Crippen LogP contribution in [0.2, 0.25) is 0 Å². The normalized spacial score (nSPS) is 12.2. The summed E-state index contributed by atoms with van der Waals surface area (Å²) in [6, 6.07) is 19.4. The number of nitrogens with one attached hydrogen (secondary N) is 1. The molecule has 0 aliphatic carbocycles. The van der Waals surface area contributed by atoms with Crippen LogP contribution in [0.15, 0.2) is 73.1 Å². The van der Waals surface area contributed by atoms with Gasteiger partial charge in [-0.15, -0.1) is 0 Å². The Kier molecular flexibility index (Phi) is 3.91. The van der Waals surface area contributed by atoms with Gasteiger partial charge in [0.25, 0.3) is 0 Å². The number of imidazole rings is 1. The quantitative estimate of drug-likeness (QED) is 0.559. The average Bonchev–Trinajstić information content (AvgIpc) is 3.03. The number of benzene rings is 1. The largest absolute Gasteiger partial charge is 0.368 e. The van der Waals surface area contributed by atoms with Crippen LogP contribution in [-0.2, 0) is 0 Å². The molecule has 5 nitrogen and oxygen atoms in total. The fourth-order valence-corrected chi connectivity index (χ4v) is 2.86. The topological polar surface area (TPSA) is 62.5 Å². The molecular weight excluding hydrogens is 312 g/mol. The number of aromatic nitrogens is 3. The number of aryl methyl sites for hydroxylation is 1. The summed E-state index contributed by atoms with van der Waals surface area (Å²) in [5.74, 6) is 0.607. The fourth-order valence-electron chi connectivity index (χ4n) is 2.86. The zero-order valence-corrected chi connectivity index (χ0v) is 13.8. The van der Waals surface area contributed by atoms with Crippen molar-refractivity contribution in [2.75, 3.05) is 5.32 Å². The van der Waals surface area contributed by atoms with Gasteiger partial charge in [-0.05, 0) is 31.2 Å². The molecule has 0 spiro atoms. The number of rotatable bonds is 4. The average molecular weight is 330 g/mol. The molecule has 124 valence electrons. The van der Waals surface area contributed by atoms with E-state index in [4.69, 9.17) is 4.98 Å². The molecule has 0 amide bonds. The van der Waals surface area contributed by atoms with Crippen molar-refractivity contribution in [2.24, 2.45) is 0 Å². The van der Waals surface area contributed by atoms with E-state index in [9.17, 15) is 5.11 Å². The minimum atomic E-state index is -0.941. The molecule has 1 unspecified atom stereocenters. The van der Waals surface area contributed by atoms with E-state index in [1.54, 1.807) is 6.20 Å². The maximum Gasteiger partial charge on any atom is 0.169 e. The summed E-state index contributed by atoms with van der Waals surface area (Å²) in [4.78, 5) is 8.94. The third kappa shape index (κ3) is 2.97. The van der Waals surface area contributed by atoms with Crippen molar-refractivity contribution < 1.29 is 5.11 Å². The van der Waals surface area contributed by atoms with Crippen molar-refractivity contribution in [3.05, 3.63) is 84.3 Å². The van der Waals surface area contributed by atoms with Crippen molar-refractivity contribution in [2.45, 2.75) is 13.2 Å². The molecule has 4 aromatic rings. The minimum Gasteiger partial charge on any atom is -0.368 e. The van der Waals surface area contributed by atoms with Gasteiger partial charge in [0.1, 0.15) is 11.5 Å². The standard InChI is InChI=1S/C20H18N4O/c1-14-8-10-15(11-9-14)18-19(24-13-5-3-7-17(24)23-18)20(25)22-16-6-2-4-12-21-16/h2-13,20,25H,1H3,(H,21,22). The Morgan fingerprint density at radius 1 is 1.00 bits per heavy atom. The maximum absolute atomic E-state index is 10.8. The van der Waals surface area contributed by atoms with Crippen molar-refractivity contribution in [1.82, 2.24) is 14.4 Å². The second kappa shape index (κ2) is 6.37. The lowest BCUT2D eigenvalue weighted by Crippen LogP contribution is -2.14. The van der Waals surface area contributed by atoms with Crippen LogP contribution in [0, 0.1) is 6.92 Å². The van der Waals surface area contributed by atoms with E-state index in [2.05, 4.69) is 10.3 Å². The number of hydrogen-bond donors (Lipinski definition) is 2. The molecule has 0 fully saturated rings. The molecular formula is C20H18N4O. The Balaban J connectivity index is 1.83. The van der Waals surface area contributed by atoms with E-state index in [0.29, 0.717) is 11.5 Å². The molecule has 1 atom stereocenters. The highest BCUT2D eigenvalue weighted by atomic mass is 16.3. The summed E-state index contributed by atoms with van der Waals surface area (Å²) in [5.41, 5.74) is 4.37. The summed E-state index contributed by atoms with van der Waals surface area (Å²) in [6.07, 6.45) is 2.65. The van der Waals surface area contributed by atoms with Gasteiger partial charge in [0.2, 0.25) is 0 Å². The zero-order valence-electron chi connectivity index (χ0n) is 13.8. The van der Waals surface area contributed by atoms with Crippen LogP contribution >= 0.6 is 0 Å². The molecule has 2 N–H and O–H groups in total. The second-order valence-electron chi connectivity index (χ2n) is 5.90. The first-order valence-corrected chi connectivity index (χ1v) is 8.12. The third-order valence-electron chi connectivity index (χ3n) is 4.10. The van der Waals surface area contributed by atoms with E-state index in [1.165, 1.54) is 5.56 Å². The number of pyridine rings is 2. The van der Waals surface area contributed by atoms with Gasteiger partial charge in [0.15, 0.2) is 6.23 Å². The van der Waals surface area contributed by atoms with Crippen molar-refractivity contribution >= 4 is 11.5 Å². The van der Waals surface area contributed by atoms with Gasteiger partial charge in [-0.1, -0.05) is 42.0 Å². The van der Waals surface area contributed by atoms with Crippen molar-refractivity contribution in [3.8, 4) is 11.3 Å². The van der Waals surface area contributed by atoms with Gasteiger partial charge in [0, 0.05) is 18.0 Å². The van der Waals surface area contributed by atoms with Crippen LogP contribution in [0.5, 0.6) is 0 Å². The molecule has 25 heavy (non-hydrogen) atoms. The Morgan fingerprint density at radius 2 is 1.80 bits per heavy atom. The number of anilines is 1. The van der Waals surface area contributed by atoms with Gasteiger partial charge in [-0.3, -0.25) is 4.40 Å². The first-order chi connectivity index (χ1) is 12.2. The summed E-state index contributed by atoms with van der Waals surface area (Å²) in [6.45, 7) is 2.05. The number of aliphatic hydroxyl groups is 1. The van der Waals surface area contributed by atoms with Crippen LogP contribution in [0.3, 0.4) is 0 Å². The highest BCUT2D eigenvalue weighted by Crippen LogP contribution is 2.29. The Morgan fingerprint density at radius 3 is 2.56 bits per heavy atom. The van der Waals surface area contributed by atoms with Crippen molar-refractivity contribution in [1.29, 1.82) is 0 Å². The monoisotopic (exact) mass is 330 g/mol. The molecule has 0 saturated heterocycles. The maximum atomic E-state index is 10.8. The lowest BCUT2D eigenvalue weighted by molar-refractivity contribution is 0.202. The molecule has 4 rings (SSSR count). The smallest absolute Gasteiger partial charge is 0.169 e. The minimum absolute atomic E-state index is 0.607. The third-order valence-corrected chi connectivity index (χ3v) is 4.10. The molecule has 3 aromatic heterocycles. The lowest BCUT2D eigenvalue weighted by Gasteiger charge is -2.15. The molecule has 0 bridgehead atoms. The van der Waals surface area contributed by atoms with E-state index < -0.39 is 6.23 Å². The number of aliphatic hydroxyl groups excluding tert-OH is 1. The lowest BCUT2D eigenvalue weighted by atomic mass is 10.1. The van der Waals surface area contributed by atoms with Crippen LogP contribution in [0.25, 0.3) is 16.9 Å². The molecule has 0 aliphatic heterocycles. The van der Waals surface area contributed by atoms with Crippen LogP contribution in [-0.4, -0.2) is 19.5 Å². The molecule has 3 heterocycles. The highest BCUT2D eigenvalue weighted by Gasteiger charge is 2.21. The SMILES string of the molecule is Cc1ccc(-c2nc3ccccn3c2C(O)Nc2ccccn2)cc1. The van der Waals surface area contributed by atoms with E-state index >= 15 is 0 Å². The van der Waals surface area contributed by atoms with E-state index in [-0.39, 0.29) is 0 Å². The predicted molar refractivity (Wildman–Crippen MR) is 98.2 cm³/mol. The second-order valence-corrected chi connectivity index (χ2v) is 5.90. The highest BCUT2D eigenvalue weighted by molar-refractivity contribution is 5.67.